The fourth-order valence-electron chi connectivity index (χ4n) is 3.33. The molecule has 0 unspecified atom stereocenters. The number of methoxy groups -OCH3 is 1. The molecule has 0 N–H and O–H groups in total. The number of aromatic nitrogens is 4. The highest BCUT2D eigenvalue weighted by atomic mass is 16.5. The maximum Gasteiger partial charge on any atom is 0.355 e. The van der Waals surface area contributed by atoms with E-state index in [2.05, 4.69) is 26.0 Å². The SMILES string of the molecule is CCCCc1nc(CCCC)n(Cc2ccc(-n3cccc3C(=O)OC)cc2)n1. The zero-order chi connectivity index (χ0) is 20.6. The van der Waals surface area contributed by atoms with Crippen molar-refractivity contribution in [1.29, 1.82) is 0 Å². The Labute approximate surface area is 172 Å². The molecule has 0 aliphatic heterocycles. The van der Waals surface area contributed by atoms with Gasteiger partial charge in [0.2, 0.25) is 0 Å². The van der Waals surface area contributed by atoms with Gasteiger partial charge in [-0.3, -0.25) is 0 Å². The minimum Gasteiger partial charge on any atom is -0.464 e. The average molecular weight is 395 g/mol. The van der Waals surface area contributed by atoms with Crippen LogP contribution >= 0.6 is 0 Å². The first kappa shape index (κ1) is 20.8. The molecule has 0 aliphatic rings. The van der Waals surface area contributed by atoms with Gasteiger partial charge >= 0.3 is 5.97 Å². The van der Waals surface area contributed by atoms with Crippen LogP contribution in [0.4, 0.5) is 0 Å². The second-order valence-corrected chi connectivity index (χ2v) is 7.23. The summed E-state index contributed by atoms with van der Waals surface area (Å²) in [4.78, 5) is 16.7. The summed E-state index contributed by atoms with van der Waals surface area (Å²) in [6, 6.07) is 11.8. The number of rotatable bonds is 10. The van der Waals surface area contributed by atoms with Crippen LogP contribution in [0.2, 0.25) is 0 Å². The molecule has 0 spiro atoms. The van der Waals surface area contributed by atoms with Crippen LogP contribution in [0.3, 0.4) is 0 Å². The van der Waals surface area contributed by atoms with Crippen LogP contribution in [0.25, 0.3) is 5.69 Å². The number of aryl methyl sites for hydroxylation is 2. The lowest BCUT2D eigenvalue weighted by Crippen LogP contribution is -2.09. The Morgan fingerprint density at radius 1 is 1.03 bits per heavy atom. The zero-order valence-corrected chi connectivity index (χ0v) is 17.6. The average Bonchev–Trinajstić information content (AvgIpc) is 3.38. The molecule has 0 saturated carbocycles. The first-order valence-corrected chi connectivity index (χ1v) is 10.4. The molecule has 6 nitrogen and oxygen atoms in total. The van der Waals surface area contributed by atoms with Crippen LogP contribution in [0.5, 0.6) is 0 Å². The molecule has 0 bridgehead atoms. The summed E-state index contributed by atoms with van der Waals surface area (Å²) in [6.07, 6.45) is 8.28. The summed E-state index contributed by atoms with van der Waals surface area (Å²) < 4.78 is 8.74. The Bertz CT molecular complexity index is 925. The first-order valence-electron chi connectivity index (χ1n) is 10.4. The maximum absolute atomic E-state index is 11.9. The van der Waals surface area contributed by atoms with Crippen LogP contribution in [-0.4, -0.2) is 32.4 Å². The van der Waals surface area contributed by atoms with Crippen molar-refractivity contribution in [3.63, 3.8) is 0 Å². The number of hydrogen-bond acceptors (Lipinski definition) is 4. The minimum absolute atomic E-state index is 0.345. The number of ether oxygens (including phenoxy) is 1. The molecule has 0 radical (unpaired) electrons. The molecular weight excluding hydrogens is 364 g/mol. The number of nitrogens with zero attached hydrogens (tertiary/aromatic N) is 4. The van der Waals surface area contributed by atoms with E-state index in [1.165, 1.54) is 7.11 Å². The molecule has 29 heavy (non-hydrogen) atoms. The van der Waals surface area contributed by atoms with Gasteiger partial charge in [0.05, 0.1) is 13.7 Å². The van der Waals surface area contributed by atoms with Crippen molar-refractivity contribution in [3.8, 4) is 5.69 Å². The van der Waals surface area contributed by atoms with E-state index >= 15 is 0 Å². The normalized spacial score (nSPS) is 11.0. The molecule has 1 aromatic carbocycles. The molecule has 0 fully saturated rings. The van der Waals surface area contributed by atoms with E-state index in [9.17, 15) is 4.79 Å². The van der Waals surface area contributed by atoms with Crippen LogP contribution in [-0.2, 0) is 24.1 Å². The van der Waals surface area contributed by atoms with Crippen molar-refractivity contribution in [2.45, 2.75) is 58.9 Å². The predicted molar refractivity (Wildman–Crippen MR) is 113 cm³/mol. The molecular formula is C23H30N4O2. The van der Waals surface area contributed by atoms with E-state index in [0.29, 0.717) is 12.2 Å². The van der Waals surface area contributed by atoms with E-state index in [-0.39, 0.29) is 5.97 Å². The lowest BCUT2D eigenvalue weighted by Gasteiger charge is -2.10. The molecule has 3 aromatic rings. The second-order valence-electron chi connectivity index (χ2n) is 7.23. The number of esters is 1. The van der Waals surface area contributed by atoms with E-state index in [1.807, 2.05) is 33.6 Å². The summed E-state index contributed by atoms with van der Waals surface area (Å²) in [5, 5.41) is 4.76. The van der Waals surface area contributed by atoms with Gasteiger partial charge in [-0.15, -0.1) is 0 Å². The van der Waals surface area contributed by atoms with Crippen molar-refractivity contribution in [1.82, 2.24) is 19.3 Å². The summed E-state index contributed by atoms with van der Waals surface area (Å²) >= 11 is 0. The lowest BCUT2D eigenvalue weighted by molar-refractivity contribution is 0.0591. The van der Waals surface area contributed by atoms with Crippen LogP contribution in [0.1, 0.15) is 67.2 Å². The third-order valence-electron chi connectivity index (χ3n) is 4.99. The quantitative estimate of drug-likeness (QED) is 0.472. The summed E-state index contributed by atoms with van der Waals surface area (Å²) in [5.74, 6) is 1.67. The van der Waals surface area contributed by atoms with E-state index in [4.69, 9.17) is 14.8 Å². The lowest BCUT2D eigenvalue weighted by atomic mass is 10.2. The van der Waals surface area contributed by atoms with Crippen molar-refractivity contribution in [2.75, 3.05) is 7.11 Å². The number of carbonyl (C=O) groups is 1. The summed E-state index contributed by atoms with van der Waals surface area (Å²) in [7, 11) is 1.39. The molecule has 0 amide bonds. The highest BCUT2D eigenvalue weighted by Crippen LogP contribution is 2.16. The molecule has 0 atom stereocenters. The minimum atomic E-state index is -0.345. The zero-order valence-electron chi connectivity index (χ0n) is 17.6. The van der Waals surface area contributed by atoms with Crippen LogP contribution in [0, 0.1) is 0 Å². The fraction of sp³-hybridized carbons (Fsp3) is 0.435. The molecule has 6 heteroatoms. The Kier molecular flexibility index (Phi) is 7.22. The van der Waals surface area contributed by atoms with Gasteiger partial charge < -0.3 is 9.30 Å². The van der Waals surface area contributed by atoms with Gasteiger partial charge in [0.25, 0.3) is 0 Å². The molecule has 3 rings (SSSR count). The third-order valence-corrected chi connectivity index (χ3v) is 4.99. The van der Waals surface area contributed by atoms with Gasteiger partial charge in [-0.1, -0.05) is 38.8 Å². The fourth-order valence-corrected chi connectivity index (χ4v) is 3.33. The third kappa shape index (κ3) is 5.13. The topological polar surface area (TPSA) is 61.9 Å². The highest BCUT2D eigenvalue weighted by molar-refractivity contribution is 5.88. The van der Waals surface area contributed by atoms with Gasteiger partial charge in [0, 0.05) is 24.7 Å². The van der Waals surface area contributed by atoms with Crippen molar-refractivity contribution in [2.24, 2.45) is 0 Å². The number of carbonyl (C=O) groups excluding carboxylic acids is 1. The Morgan fingerprint density at radius 2 is 1.76 bits per heavy atom. The number of benzene rings is 1. The first-order chi connectivity index (χ1) is 14.2. The number of hydrogen-bond donors (Lipinski definition) is 0. The van der Waals surface area contributed by atoms with Crippen molar-refractivity contribution >= 4 is 5.97 Å². The number of unbranched alkanes of at least 4 members (excludes halogenated alkanes) is 2. The predicted octanol–water partition coefficient (Wildman–Crippen LogP) is 4.59. The Hall–Kier alpha value is -2.89. The maximum atomic E-state index is 11.9. The largest absolute Gasteiger partial charge is 0.464 e. The van der Waals surface area contributed by atoms with E-state index in [0.717, 1.165) is 61.4 Å². The molecule has 2 heterocycles. The van der Waals surface area contributed by atoms with Crippen molar-refractivity contribution in [3.05, 3.63) is 65.5 Å². The Balaban J connectivity index is 1.78. The van der Waals surface area contributed by atoms with E-state index < -0.39 is 0 Å². The monoisotopic (exact) mass is 394 g/mol. The standard InChI is InChI=1S/C23H30N4O2/c1-4-6-10-21-24-22(11-7-5-2)27(25-21)17-18-12-14-19(15-13-18)26-16-8-9-20(26)23(28)29-3/h8-9,12-16H,4-7,10-11,17H2,1-3H3. The van der Waals surface area contributed by atoms with Gasteiger partial charge in [0.15, 0.2) is 5.82 Å². The van der Waals surface area contributed by atoms with Crippen LogP contribution in [0.15, 0.2) is 42.6 Å². The molecule has 2 aromatic heterocycles. The second kappa shape index (κ2) is 10.0. The summed E-state index contributed by atoms with van der Waals surface area (Å²) in [6.45, 7) is 5.09. The smallest absolute Gasteiger partial charge is 0.355 e. The highest BCUT2D eigenvalue weighted by Gasteiger charge is 2.13. The Morgan fingerprint density at radius 3 is 2.45 bits per heavy atom. The van der Waals surface area contributed by atoms with E-state index in [1.54, 1.807) is 6.07 Å². The summed E-state index contributed by atoms with van der Waals surface area (Å²) in [5.41, 5.74) is 2.59. The molecule has 0 saturated heterocycles. The molecule has 0 aliphatic carbocycles. The van der Waals surface area contributed by atoms with Crippen molar-refractivity contribution < 1.29 is 9.53 Å². The van der Waals surface area contributed by atoms with Gasteiger partial charge in [-0.05, 0) is 42.7 Å². The van der Waals surface area contributed by atoms with Gasteiger partial charge in [-0.2, -0.15) is 5.10 Å². The van der Waals surface area contributed by atoms with Gasteiger partial charge in [0.1, 0.15) is 11.5 Å². The van der Waals surface area contributed by atoms with Crippen LogP contribution < -0.4 is 0 Å². The van der Waals surface area contributed by atoms with Gasteiger partial charge in [-0.25, -0.2) is 14.5 Å². The molecule has 154 valence electrons.